The number of aliphatic hydroxyl groups is 1. The molecule has 3 aromatic rings. The van der Waals surface area contributed by atoms with Gasteiger partial charge in [-0.2, -0.15) is 5.10 Å². The molecule has 27 heavy (non-hydrogen) atoms. The third kappa shape index (κ3) is 3.47. The fourth-order valence-electron chi connectivity index (χ4n) is 3.33. The Bertz CT molecular complexity index is 955. The molecule has 0 saturated heterocycles. The van der Waals surface area contributed by atoms with Crippen molar-refractivity contribution in [1.29, 1.82) is 0 Å². The van der Waals surface area contributed by atoms with Gasteiger partial charge in [-0.15, -0.1) is 0 Å². The number of fused-ring (bicyclic) bond motifs is 1. The molecule has 0 bridgehead atoms. The van der Waals surface area contributed by atoms with Crippen molar-refractivity contribution in [3.05, 3.63) is 53.7 Å². The first-order chi connectivity index (χ1) is 13.1. The molecule has 1 aliphatic rings. The lowest BCUT2D eigenvalue weighted by Crippen LogP contribution is -2.13. The third-order valence-corrected chi connectivity index (χ3v) is 5.18. The van der Waals surface area contributed by atoms with Crippen LogP contribution in [0.25, 0.3) is 5.65 Å². The molecule has 1 aliphatic carbocycles. The average Bonchev–Trinajstić information content (AvgIpc) is 3.14. The Morgan fingerprint density at radius 3 is 2.96 bits per heavy atom. The van der Waals surface area contributed by atoms with Gasteiger partial charge < -0.3 is 14.2 Å². The number of esters is 1. The summed E-state index contributed by atoms with van der Waals surface area (Å²) in [7, 11) is 0. The number of aliphatic hydroxyl groups excluding tert-OH is 1. The molecular weight excluding hydrogens is 344 g/mol. The number of hydrogen-bond acceptors (Lipinski definition) is 5. The number of hydrogen-bond donors (Lipinski definition) is 1. The molecule has 0 atom stereocenters. The second-order valence-electron chi connectivity index (χ2n) is 7.24. The highest BCUT2D eigenvalue weighted by atomic mass is 16.5. The molecule has 7 nitrogen and oxygen atoms in total. The van der Waals surface area contributed by atoms with Gasteiger partial charge in [0.2, 0.25) is 0 Å². The largest absolute Gasteiger partial charge is 0.462 e. The van der Waals surface area contributed by atoms with Crippen LogP contribution < -0.4 is 0 Å². The number of imidazole rings is 1. The Morgan fingerprint density at radius 2 is 2.22 bits per heavy atom. The second kappa shape index (κ2) is 7.15. The summed E-state index contributed by atoms with van der Waals surface area (Å²) in [6, 6.07) is 4.04. The molecule has 1 N–H and O–H groups in total. The summed E-state index contributed by atoms with van der Waals surface area (Å²) in [5.74, 6) is -0.342. The fourth-order valence-corrected chi connectivity index (χ4v) is 3.33. The Balaban J connectivity index is 1.51. The minimum atomic E-state index is -0.342. The number of nitrogens with zero attached hydrogens (tertiary/aromatic N) is 4. The maximum Gasteiger partial charge on any atom is 0.341 e. The molecule has 0 amide bonds. The van der Waals surface area contributed by atoms with Crippen LogP contribution in [0.1, 0.15) is 54.2 Å². The minimum absolute atomic E-state index is 0.133. The first kappa shape index (κ1) is 17.7. The van der Waals surface area contributed by atoms with Crippen molar-refractivity contribution in [2.75, 3.05) is 13.2 Å². The van der Waals surface area contributed by atoms with Crippen LogP contribution in [0.5, 0.6) is 0 Å². The number of carbonyl (C=O) groups is 1. The van der Waals surface area contributed by atoms with E-state index >= 15 is 0 Å². The zero-order chi connectivity index (χ0) is 18.9. The van der Waals surface area contributed by atoms with Crippen molar-refractivity contribution < 1.29 is 14.6 Å². The summed E-state index contributed by atoms with van der Waals surface area (Å²) in [6.07, 6.45) is 11.0. The van der Waals surface area contributed by atoms with Crippen molar-refractivity contribution >= 4 is 11.6 Å². The molecule has 0 radical (unpaired) electrons. The van der Waals surface area contributed by atoms with E-state index < -0.39 is 0 Å². The van der Waals surface area contributed by atoms with Crippen LogP contribution in [0.4, 0.5) is 0 Å². The smallest absolute Gasteiger partial charge is 0.341 e. The van der Waals surface area contributed by atoms with E-state index in [4.69, 9.17) is 9.72 Å². The number of unbranched alkanes of at least 4 members (excludes halogenated alkanes) is 1. The maximum absolute atomic E-state index is 12.0. The minimum Gasteiger partial charge on any atom is -0.462 e. The third-order valence-electron chi connectivity index (χ3n) is 5.18. The van der Waals surface area contributed by atoms with Crippen molar-refractivity contribution in [2.24, 2.45) is 0 Å². The predicted molar refractivity (Wildman–Crippen MR) is 99.7 cm³/mol. The van der Waals surface area contributed by atoms with Crippen LogP contribution in [0, 0.1) is 0 Å². The van der Waals surface area contributed by atoms with Crippen LogP contribution in [-0.2, 0) is 16.7 Å². The topological polar surface area (TPSA) is 81.7 Å². The lowest BCUT2D eigenvalue weighted by atomic mass is 9.98. The summed E-state index contributed by atoms with van der Waals surface area (Å²) in [6.45, 7) is 3.10. The Labute approximate surface area is 157 Å². The highest BCUT2D eigenvalue weighted by Gasteiger charge is 2.45. The molecular formula is C20H24N4O3. The van der Waals surface area contributed by atoms with Gasteiger partial charge in [0.15, 0.2) is 0 Å². The Kier molecular flexibility index (Phi) is 4.70. The van der Waals surface area contributed by atoms with Crippen LogP contribution in [-0.4, -0.2) is 43.5 Å². The van der Waals surface area contributed by atoms with E-state index in [0.29, 0.717) is 18.7 Å². The van der Waals surface area contributed by atoms with Crippen molar-refractivity contribution in [1.82, 2.24) is 19.2 Å². The monoisotopic (exact) mass is 368 g/mol. The summed E-state index contributed by atoms with van der Waals surface area (Å²) < 4.78 is 8.90. The van der Waals surface area contributed by atoms with E-state index in [1.165, 1.54) is 6.20 Å². The Morgan fingerprint density at radius 1 is 1.37 bits per heavy atom. The average molecular weight is 368 g/mol. The number of pyridine rings is 1. The molecule has 0 aliphatic heterocycles. The molecule has 142 valence electrons. The number of aromatic nitrogens is 4. The number of rotatable bonds is 8. The van der Waals surface area contributed by atoms with Gasteiger partial charge in [0.1, 0.15) is 5.65 Å². The van der Waals surface area contributed by atoms with Crippen molar-refractivity contribution in [3.63, 3.8) is 0 Å². The van der Waals surface area contributed by atoms with Gasteiger partial charge >= 0.3 is 5.97 Å². The fraction of sp³-hybridized carbons (Fsp3) is 0.450. The van der Waals surface area contributed by atoms with Crippen LogP contribution >= 0.6 is 0 Å². The van der Waals surface area contributed by atoms with E-state index in [-0.39, 0.29) is 18.0 Å². The lowest BCUT2D eigenvalue weighted by molar-refractivity contribution is 0.0499. The van der Waals surface area contributed by atoms with Gasteiger partial charge in [0.25, 0.3) is 0 Å². The van der Waals surface area contributed by atoms with Gasteiger partial charge in [0, 0.05) is 29.6 Å². The van der Waals surface area contributed by atoms with Gasteiger partial charge in [-0.3, -0.25) is 4.68 Å². The predicted octanol–water partition coefficient (Wildman–Crippen LogP) is 2.56. The number of ether oxygens (including phenoxy) is 1. The standard InChI is InChI=1S/C20H24N4O3/c1-2-3-9-27-19(26)15-10-21-24(11-15)13-16-12-23-8-4-5-17(18(23)22-16)20(14-25)6-7-20/h4-5,8,10-12,25H,2-3,6-7,9,13-14H2,1H3. The number of carbonyl (C=O) groups excluding carboxylic acids is 1. The molecule has 7 heteroatoms. The molecule has 0 spiro atoms. The van der Waals surface area contributed by atoms with Gasteiger partial charge in [0.05, 0.1) is 37.2 Å². The molecule has 1 fully saturated rings. The highest BCUT2D eigenvalue weighted by Crippen LogP contribution is 2.48. The quantitative estimate of drug-likeness (QED) is 0.488. The SMILES string of the molecule is CCCCOC(=O)c1cnn(Cc2cn3cccc(C4(CO)CC4)c3n2)c1. The van der Waals surface area contributed by atoms with Gasteiger partial charge in [-0.25, -0.2) is 9.78 Å². The van der Waals surface area contributed by atoms with E-state index in [1.54, 1.807) is 10.9 Å². The molecule has 0 unspecified atom stereocenters. The van der Waals surface area contributed by atoms with E-state index in [2.05, 4.69) is 12.0 Å². The summed E-state index contributed by atoms with van der Waals surface area (Å²) >= 11 is 0. The zero-order valence-corrected chi connectivity index (χ0v) is 15.5. The van der Waals surface area contributed by atoms with Crippen LogP contribution in [0.3, 0.4) is 0 Å². The van der Waals surface area contributed by atoms with E-state index in [9.17, 15) is 9.90 Å². The van der Waals surface area contributed by atoms with E-state index in [0.717, 1.165) is 42.6 Å². The normalized spacial score (nSPS) is 15.2. The first-order valence-electron chi connectivity index (χ1n) is 9.43. The molecule has 3 aromatic heterocycles. The summed E-state index contributed by atoms with van der Waals surface area (Å²) in [4.78, 5) is 16.8. The maximum atomic E-state index is 12.0. The molecule has 3 heterocycles. The zero-order valence-electron chi connectivity index (χ0n) is 15.5. The molecule has 4 rings (SSSR count). The van der Waals surface area contributed by atoms with Crippen molar-refractivity contribution in [2.45, 2.75) is 44.6 Å². The summed E-state index contributed by atoms with van der Waals surface area (Å²) in [5, 5.41) is 14.0. The second-order valence-corrected chi connectivity index (χ2v) is 7.24. The van der Waals surface area contributed by atoms with Gasteiger partial charge in [-0.1, -0.05) is 19.4 Å². The molecule has 0 aromatic carbocycles. The van der Waals surface area contributed by atoms with Crippen molar-refractivity contribution in [3.8, 4) is 0 Å². The van der Waals surface area contributed by atoms with Gasteiger partial charge in [-0.05, 0) is 25.3 Å². The first-order valence-corrected chi connectivity index (χ1v) is 9.43. The summed E-state index contributed by atoms with van der Waals surface area (Å²) in [5.41, 5.74) is 3.15. The lowest BCUT2D eigenvalue weighted by Gasteiger charge is -2.12. The molecule has 1 saturated carbocycles. The van der Waals surface area contributed by atoms with E-state index in [1.807, 2.05) is 28.9 Å². The highest BCUT2D eigenvalue weighted by molar-refractivity contribution is 5.88. The van der Waals surface area contributed by atoms with Crippen LogP contribution in [0.2, 0.25) is 0 Å². The Hall–Kier alpha value is -2.67. The van der Waals surface area contributed by atoms with Crippen LogP contribution in [0.15, 0.2) is 36.9 Å².